The molecule has 1 aromatic carbocycles. The average molecular weight is 288 g/mol. The lowest BCUT2D eigenvalue weighted by Gasteiger charge is -2.04. The van der Waals surface area contributed by atoms with E-state index in [1.165, 1.54) is 0 Å². The second kappa shape index (κ2) is 6.41. The molecule has 0 aromatic heterocycles. The van der Waals surface area contributed by atoms with E-state index in [4.69, 9.17) is 0 Å². The number of carbonyl (C=O) groups is 1. The largest absolute Gasteiger partial charge is 0.355 e. The molecule has 9 nitrogen and oxygen atoms in total. The van der Waals surface area contributed by atoms with Gasteiger partial charge in [-0.05, 0) is 6.42 Å². The first kappa shape index (κ1) is 15.3. The van der Waals surface area contributed by atoms with Gasteiger partial charge in [-0.1, -0.05) is 6.92 Å². The molecule has 0 aliphatic rings. The summed E-state index contributed by atoms with van der Waals surface area (Å²) in [6.07, 6.45) is 0.460. The first-order valence-corrected chi connectivity index (χ1v) is 5.36. The van der Waals surface area contributed by atoms with E-state index in [1.807, 2.05) is 0 Å². The molecule has 0 spiro atoms. The molecule has 0 saturated heterocycles. The van der Waals surface area contributed by atoms with Crippen molar-refractivity contribution in [3.63, 3.8) is 0 Å². The molecule has 0 bridgehead atoms. The predicted octanol–water partition coefficient (Wildman–Crippen LogP) is 2.28. The lowest BCUT2D eigenvalue weighted by atomic mass is 10.2. The summed E-state index contributed by atoms with van der Waals surface area (Å²) >= 11 is 0. The van der Waals surface area contributed by atoms with Gasteiger partial charge < -0.3 is 0 Å². The van der Waals surface area contributed by atoms with E-state index in [0.29, 0.717) is 18.6 Å². The summed E-state index contributed by atoms with van der Waals surface area (Å²) in [4.78, 5) is 38.7. The lowest BCUT2D eigenvalue weighted by molar-refractivity contribution is -0.397. The van der Waals surface area contributed by atoms with Gasteiger partial charge in [-0.25, -0.2) is 4.79 Å². The minimum atomic E-state index is -1.35. The first-order valence-electron chi connectivity index (χ1n) is 5.36. The summed E-state index contributed by atoms with van der Waals surface area (Å²) in [6.45, 7) is 1.69. The zero-order chi connectivity index (χ0) is 15.3. The highest BCUT2D eigenvalue weighted by Crippen LogP contribution is 2.33. The smallest absolute Gasteiger partial charge is 0.279 e. The topological polar surface area (TPSA) is 122 Å². The number of benzene rings is 1. The Morgan fingerprint density at radius 2 is 1.85 bits per heavy atom. The van der Waals surface area contributed by atoms with Gasteiger partial charge in [0.05, 0.1) is 9.85 Å². The number of hydrogen-bond acceptors (Lipinski definition) is 7. The minimum Gasteiger partial charge on any atom is -0.279 e. The van der Waals surface area contributed by atoms with Crippen molar-refractivity contribution in [3.8, 4) is 5.75 Å². The van der Waals surface area contributed by atoms with Crippen LogP contribution in [0.5, 0.6) is 5.75 Å². The van der Waals surface area contributed by atoms with Gasteiger partial charge in [0.2, 0.25) is 5.82 Å². The fourth-order valence-electron chi connectivity index (χ4n) is 1.22. The summed E-state index contributed by atoms with van der Waals surface area (Å²) in [6, 6.07) is 0.799. The number of hydrogen-bond donors (Lipinski definition) is 0. The molecule has 1 rings (SSSR count). The molecule has 20 heavy (non-hydrogen) atoms. The van der Waals surface area contributed by atoms with Gasteiger partial charge in [0, 0.05) is 12.5 Å². The maximum atomic E-state index is 13.3. The van der Waals surface area contributed by atoms with Crippen LogP contribution in [0.1, 0.15) is 19.8 Å². The highest BCUT2D eigenvalue weighted by molar-refractivity contribution is 5.68. The van der Waals surface area contributed by atoms with Crippen LogP contribution in [0.15, 0.2) is 12.1 Å². The minimum absolute atomic E-state index is 0.00324. The third-order valence-corrected chi connectivity index (χ3v) is 2.10. The van der Waals surface area contributed by atoms with Crippen molar-refractivity contribution in [1.29, 1.82) is 0 Å². The molecule has 0 heterocycles. The molecule has 0 aliphatic heterocycles. The maximum absolute atomic E-state index is 13.3. The Morgan fingerprint density at radius 1 is 1.25 bits per heavy atom. The second-order valence-electron chi connectivity index (χ2n) is 3.57. The van der Waals surface area contributed by atoms with E-state index < -0.39 is 38.8 Å². The Kier molecular flexibility index (Phi) is 4.89. The average Bonchev–Trinajstić information content (AvgIpc) is 2.35. The van der Waals surface area contributed by atoms with Gasteiger partial charge in [0.1, 0.15) is 6.07 Å². The fraction of sp³-hybridized carbons (Fsp3) is 0.300. The van der Waals surface area contributed by atoms with Crippen LogP contribution in [0.2, 0.25) is 0 Å². The number of nitro benzene ring substituents is 2. The van der Waals surface area contributed by atoms with Crippen LogP contribution in [0.3, 0.4) is 0 Å². The van der Waals surface area contributed by atoms with Gasteiger partial charge in [0.25, 0.3) is 5.75 Å². The van der Waals surface area contributed by atoms with Crippen LogP contribution in [0.4, 0.5) is 15.8 Å². The molecule has 1 aromatic rings. The molecule has 0 unspecified atom stereocenters. The van der Waals surface area contributed by atoms with E-state index in [2.05, 4.69) is 9.78 Å². The molecule has 0 N–H and O–H groups in total. The third-order valence-electron chi connectivity index (χ3n) is 2.10. The number of nitrogens with zero attached hydrogens (tertiary/aromatic N) is 2. The summed E-state index contributed by atoms with van der Waals surface area (Å²) in [5.74, 6) is -2.88. The van der Waals surface area contributed by atoms with Crippen molar-refractivity contribution < 1.29 is 28.8 Å². The van der Waals surface area contributed by atoms with Crippen molar-refractivity contribution >= 4 is 17.3 Å². The van der Waals surface area contributed by atoms with Crippen molar-refractivity contribution in [2.45, 2.75) is 19.8 Å². The van der Waals surface area contributed by atoms with Crippen LogP contribution in [0.25, 0.3) is 0 Å². The summed E-state index contributed by atoms with van der Waals surface area (Å²) < 4.78 is 13.3. The molecular formula is C10H9FN2O7. The van der Waals surface area contributed by atoms with Gasteiger partial charge in [-0.2, -0.15) is 4.39 Å². The Labute approximate surface area is 111 Å². The Bertz CT molecular complexity index is 561. The molecule has 0 aliphatic carbocycles. The van der Waals surface area contributed by atoms with Gasteiger partial charge in [-0.15, -0.1) is 0 Å². The number of nitro groups is 2. The fourth-order valence-corrected chi connectivity index (χ4v) is 1.22. The Hall–Kier alpha value is -2.78. The molecule has 0 saturated carbocycles. The van der Waals surface area contributed by atoms with Gasteiger partial charge >= 0.3 is 17.3 Å². The molecule has 108 valence electrons. The molecular weight excluding hydrogens is 279 g/mol. The van der Waals surface area contributed by atoms with E-state index >= 15 is 0 Å². The van der Waals surface area contributed by atoms with Crippen LogP contribution >= 0.6 is 0 Å². The standard InChI is InChI=1S/C10H9FN2O7/c1-2-3-10(14)20-19-9-4-6(11)7(12(15)16)5-8(9)13(17)18/h4-5H,2-3H2,1H3. The Morgan fingerprint density at radius 3 is 2.35 bits per heavy atom. The summed E-state index contributed by atoms with van der Waals surface area (Å²) in [5, 5.41) is 21.2. The van der Waals surface area contributed by atoms with Gasteiger partial charge in [0.15, 0.2) is 0 Å². The van der Waals surface area contributed by atoms with Crippen molar-refractivity contribution in [2.24, 2.45) is 0 Å². The quantitative estimate of drug-likeness (QED) is 0.447. The highest BCUT2D eigenvalue weighted by atomic mass is 19.1. The van der Waals surface area contributed by atoms with Crippen molar-refractivity contribution in [3.05, 3.63) is 38.2 Å². The zero-order valence-electron chi connectivity index (χ0n) is 10.2. The first-order chi connectivity index (χ1) is 9.36. The highest BCUT2D eigenvalue weighted by Gasteiger charge is 2.27. The number of carbonyl (C=O) groups excluding carboxylic acids is 1. The third kappa shape index (κ3) is 3.60. The molecule has 0 fully saturated rings. The van der Waals surface area contributed by atoms with Gasteiger partial charge in [-0.3, -0.25) is 30.0 Å². The summed E-state index contributed by atoms with van der Waals surface area (Å²) in [7, 11) is 0. The van der Waals surface area contributed by atoms with Crippen LogP contribution < -0.4 is 4.89 Å². The predicted molar refractivity (Wildman–Crippen MR) is 61.3 cm³/mol. The van der Waals surface area contributed by atoms with Crippen LogP contribution in [-0.2, 0) is 9.68 Å². The van der Waals surface area contributed by atoms with Crippen molar-refractivity contribution in [2.75, 3.05) is 0 Å². The molecule has 0 radical (unpaired) electrons. The monoisotopic (exact) mass is 288 g/mol. The van der Waals surface area contributed by atoms with Crippen LogP contribution in [-0.4, -0.2) is 15.8 Å². The van der Waals surface area contributed by atoms with Crippen molar-refractivity contribution in [1.82, 2.24) is 0 Å². The Balaban J connectivity index is 3.06. The normalized spacial score (nSPS) is 9.90. The number of rotatable bonds is 6. The SMILES string of the molecule is CCCC(=O)OOc1cc(F)c([N+](=O)[O-])cc1[N+](=O)[O-]. The lowest BCUT2D eigenvalue weighted by Crippen LogP contribution is -2.09. The molecule has 0 atom stereocenters. The van der Waals surface area contributed by atoms with E-state index in [-0.39, 0.29) is 6.42 Å². The maximum Gasteiger partial charge on any atom is 0.355 e. The molecule has 0 amide bonds. The number of halogens is 1. The second-order valence-corrected chi connectivity index (χ2v) is 3.57. The van der Waals surface area contributed by atoms with E-state index in [1.54, 1.807) is 6.92 Å². The van der Waals surface area contributed by atoms with E-state index in [0.717, 1.165) is 0 Å². The summed E-state index contributed by atoms with van der Waals surface area (Å²) in [5.41, 5.74) is -1.97. The van der Waals surface area contributed by atoms with E-state index in [9.17, 15) is 29.4 Å². The van der Waals surface area contributed by atoms with Crippen LogP contribution in [0, 0.1) is 26.0 Å². The molecule has 10 heteroatoms. The zero-order valence-corrected chi connectivity index (χ0v) is 10.2.